The average molecular weight is 565 g/mol. The van der Waals surface area contributed by atoms with Crippen molar-refractivity contribution in [3.63, 3.8) is 0 Å². The Morgan fingerprint density at radius 3 is 1.83 bits per heavy atom. The maximum Gasteiger partial charge on any atom is 0.305 e. The van der Waals surface area contributed by atoms with Gasteiger partial charge in [-0.2, -0.15) is 0 Å². The first-order valence-electron chi connectivity index (χ1n) is 14.7. The molecule has 3 saturated heterocycles. The van der Waals surface area contributed by atoms with Gasteiger partial charge in [0.05, 0.1) is 19.8 Å². The number of epoxide rings is 2. The molecule has 1 aromatic heterocycles. The van der Waals surface area contributed by atoms with E-state index in [1.807, 2.05) is 37.4 Å². The van der Waals surface area contributed by atoms with Crippen LogP contribution in [0.5, 0.6) is 11.5 Å². The summed E-state index contributed by atoms with van der Waals surface area (Å²) in [7, 11) is 0. The quantitative estimate of drug-likeness (QED) is 0.253. The summed E-state index contributed by atoms with van der Waals surface area (Å²) in [6.07, 6.45) is 7.23. The van der Waals surface area contributed by atoms with Gasteiger partial charge < -0.3 is 28.7 Å². The third kappa shape index (κ3) is 10.5. The largest absolute Gasteiger partial charge is 0.491 e. The van der Waals surface area contributed by atoms with Crippen molar-refractivity contribution in [3.8, 4) is 11.5 Å². The molecule has 2 atom stereocenters. The highest BCUT2D eigenvalue weighted by molar-refractivity contribution is 5.69. The molecule has 0 spiro atoms. The predicted molar refractivity (Wildman–Crippen MR) is 158 cm³/mol. The van der Waals surface area contributed by atoms with Crippen LogP contribution in [0.4, 0.5) is 0 Å². The van der Waals surface area contributed by atoms with E-state index in [2.05, 4.69) is 55.0 Å². The third-order valence-electron chi connectivity index (χ3n) is 7.21. The molecule has 0 amide bonds. The summed E-state index contributed by atoms with van der Waals surface area (Å²) in [5, 5.41) is 0. The van der Waals surface area contributed by atoms with Crippen LogP contribution in [0.25, 0.3) is 0 Å². The standard InChI is InChI=1S/C21H24O4.C6H10N2.C6H10O2/c1-21(2,15-3-7-17(8-4-15)22-11-19-13-24-19)16-5-9-18(10-6-16)23-12-20-14-25-20;1-3-6-7-4-5(2)8-6;7-6-4-2-1-3-5-8-6/h3-10,19-20H,11-14H2,1-2H3;4H,3H2,1-2H3,(H,7,8);1-5H2. The second-order valence-corrected chi connectivity index (χ2v) is 11.1. The smallest absolute Gasteiger partial charge is 0.305 e. The Morgan fingerprint density at radius 2 is 1.41 bits per heavy atom. The molecule has 0 saturated carbocycles. The molecule has 41 heavy (non-hydrogen) atoms. The summed E-state index contributed by atoms with van der Waals surface area (Å²) in [4.78, 5) is 17.7. The van der Waals surface area contributed by atoms with Gasteiger partial charge in [0.2, 0.25) is 0 Å². The number of hydrogen-bond donors (Lipinski definition) is 1. The molecule has 3 aliphatic heterocycles. The fraction of sp³-hybridized carbons (Fsp3) is 0.515. The van der Waals surface area contributed by atoms with E-state index in [0.717, 1.165) is 61.9 Å². The lowest BCUT2D eigenvalue weighted by molar-refractivity contribution is -0.142. The van der Waals surface area contributed by atoms with Gasteiger partial charge in [0.15, 0.2) is 0 Å². The van der Waals surface area contributed by atoms with Crippen molar-refractivity contribution in [3.05, 3.63) is 77.4 Å². The number of aromatic amines is 1. The summed E-state index contributed by atoms with van der Waals surface area (Å²) < 4.78 is 26.5. The van der Waals surface area contributed by atoms with Crippen LogP contribution < -0.4 is 9.47 Å². The van der Waals surface area contributed by atoms with E-state index in [1.54, 1.807) is 0 Å². The van der Waals surface area contributed by atoms with E-state index in [4.69, 9.17) is 23.7 Å². The van der Waals surface area contributed by atoms with E-state index in [9.17, 15) is 4.79 Å². The number of aryl methyl sites for hydroxylation is 2. The molecule has 3 fully saturated rings. The highest BCUT2D eigenvalue weighted by Gasteiger charge is 2.25. The summed E-state index contributed by atoms with van der Waals surface area (Å²) in [6.45, 7) is 12.1. The Labute approximate surface area is 243 Å². The fourth-order valence-corrected chi connectivity index (χ4v) is 4.26. The Balaban J connectivity index is 0.000000197. The Bertz CT molecular complexity index is 1130. The predicted octanol–water partition coefficient (Wildman–Crippen LogP) is 5.95. The van der Waals surface area contributed by atoms with Crippen molar-refractivity contribution in [2.75, 3.05) is 33.0 Å². The van der Waals surface area contributed by atoms with Gasteiger partial charge in [0.25, 0.3) is 0 Å². The molecular formula is C33H44N2O6. The summed E-state index contributed by atoms with van der Waals surface area (Å²) in [5.74, 6) is 2.83. The zero-order chi connectivity index (χ0) is 29.1. The number of ether oxygens (including phenoxy) is 5. The van der Waals surface area contributed by atoms with Crippen LogP contribution in [-0.4, -0.2) is 61.2 Å². The molecule has 0 bridgehead atoms. The van der Waals surface area contributed by atoms with Crippen LogP contribution >= 0.6 is 0 Å². The number of carbonyl (C=O) groups excluding carboxylic acids is 1. The summed E-state index contributed by atoms with van der Waals surface area (Å²) in [5.41, 5.74) is 3.56. The van der Waals surface area contributed by atoms with Crippen LogP contribution in [0.3, 0.4) is 0 Å². The first kappa shape index (κ1) is 30.6. The Hall–Kier alpha value is -3.36. The number of nitrogens with zero attached hydrogens (tertiary/aromatic N) is 1. The topological polar surface area (TPSA) is 98.5 Å². The monoisotopic (exact) mass is 564 g/mol. The molecule has 2 aromatic carbocycles. The minimum absolute atomic E-state index is 0.0255. The van der Waals surface area contributed by atoms with Gasteiger partial charge >= 0.3 is 5.97 Å². The maximum atomic E-state index is 10.5. The zero-order valence-corrected chi connectivity index (χ0v) is 24.8. The molecule has 222 valence electrons. The van der Waals surface area contributed by atoms with E-state index >= 15 is 0 Å². The lowest BCUT2D eigenvalue weighted by Gasteiger charge is -2.26. The number of carbonyl (C=O) groups is 1. The van der Waals surface area contributed by atoms with Gasteiger partial charge in [-0.15, -0.1) is 0 Å². The maximum absolute atomic E-state index is 10.5. The van der Waals surface area contributed by atoms with Crippen LogP contribution in [0.1, 0.15) is 69.1 Å². The number of nitrogens with one attached hydrogen (secondary N) is 1. The molecule has 0 aliphatic carbocycles. The van der Waals surface area contributed by atoms with E-state index < -0.39 is 0 Å². The summed E-state index contributed by atoms with van der Waals surface area (Å²) >= 11 is 0. The molecule has 2 unspecified atom stereocenters. The van der Waals surface area contributed by atoms with Crippen molar-refractivity contribution in [1.29, 1.82) is 0 Å². The second-order valence-electron chi connectivity index (χ2n) is 11.1. The second kappa shape index (κ2) is 15.0. The third-order valence-corrected chi connectivity index (χ3v) is 7.21. The van der Waals surface area contributed by atoms with Gasteiger partial charge in [0.1, 0.15) is 42.7 Å². The Kier molecular flexibility index (Phi) is 11.2. The van der Waals surface area contributed by atoms with Gasteiger partial charge in [-0.3, -0.25) is 4.79 Å². The normalized spacial score (nSPS) is 19.4. The minimum atomic E-state index is -0.0870. The van der Waals surface area contributed by atoms with Crippen LogP contribution in [-0.2, 0) is 30.8 Å². The summed E-state index contributed by atoms with van der Waals surface area (Å²) in [6, 6.07) is 16.7. The number of H-pyrrole nitrogens is 1. The van der Waals surface area contributed by atoms with Gasteiger partial charge in [-0.25, -0.2) is 4.98 Å². The average Bonchev–Trinajstić information content (AvgIpc) is 3.91. The number of esters is 1. The molecular weight excluding hydrogens is 520 g/mol. The van der Waals surface area contributed by atoms with Crippen molar-refractivity contribution >= 4 is 5.97 Å². The lowest BCUT2D eigenvalue weighted by Crippen LogP contribution is -2.18. The highest BCUT2D eigenvalue weighted by atomic mass is 16.6. The number of cyclic esters (lactones) is 1. The van der Waals surface area contributed by atoms with Gasteiger partial charge in [-0.1, -0.05) is 45.0 Å². The van der Waals surface area contributed by atoms with Crippen molar-refractivity contribution in [1.82, 2.24) is 9.97 Å². The van der Waals surface area contributed by atoms with Crippen LogP contribution in [0.15, 0.2) is 54.7 Å². The van der Waals surface area contributed by atoms with Crippen molar-refractivity contribution in [2.24, 2.45) is 0 Å². The first-order chi connectivity index (χ1) is 19.8. The molecule has 3 aliphatic rings. The van der Waals surface area contributed by atoms with Crippen molar-refractivity contribution in [2.45, 2.75) is 77.4 Å². The molecule has 4 heterocycles. The molecule has 3 aromatic rings. The van der Waals surface area contributed by atoms with Crippen molar-refractivity contribution < 1.29 is 28.5 Å². The van der Waals surface area contributed by atoms with E-state index in [-0.39, 0.29) is 23.6 Å². The minimum Gasteiger partial charge on any atom is -0.491 e. The fourth-order valence-electron chi connectivity index (χ4n) is 4.26. The van der Waals surface area contributed by atoms with E-state index in [1.165, 1.54) is 11.1 Å². The zero-order valence-electron chi connectivity index (χ0n) is 24.8. The SMILES string of the molecule is CC(C)(c1ccc(OCC2CO2)cc1)c1ccc(OCC2CO2)cc1.CCc1ncc(C)[nH]1.O=C1CCCCCO1. The lowest BCUT2D eigenvalue weighted by atomic mass is 9.78. The number of hydrogen-bond acceptors (Lipinski definition) is 7. The van der Waals surface area contributed by atoms with E-state index in [0.29, 0.717) is 26.2 Å². The number of aromatic nitrogens is 2. The Morgan fingerprint density at radius 1 is 0.878 bits per heavy atom. The molecule has 8 nitrogen and oxygen atoms in total. The van der Waals surface area contributed by atoms with Gasteiger partial charge in [-0.05, 0) is 61.6 Å². The number of imidazole rings is 1. The number of benzene rings is 2. The molecule has 6 rings (SSSR count). The number of rotatable bonds is 9. The van der Waals surface area contributed by atoms with Crippen LogP contribution in [0.2, 0.25) is 0 Å². The highest BCUT2D eigenvalue weighted by Crippen LogP contribution is 2.33. The van der Waals surface area contributed by atoms with Gasteiger partial charge in [0, 0.05) is 30.1 Å². The molecule has 0 radical (unpaired) electrons. The van der Waals surface area contributed by atoms with Crippen LogP contribution in [0, 0.1) is 6.92 Å². The molecule has 8 heteroatoms. The molecule has 1 N–H and O–H groups in total. The first-order valence-corrected chi connectivity index (χ1v) is 14.7.